The SMILES string of the molecule is COc1nccnc1NCC1CCN(C(=O)[C@@H]2C[C@H]2c2c(F)cccc2F)CC1. The molecule has 2 aromatic rings. The molecule has 1 aromatic carbocycles. The smallest absolute Gasteiger partial charge is 0.257 e. The molecule has 6 nitrogen and oxygen atoms in total. The highest BCUT2D eigenvalue weighted by Crippen LogP contribution is 2.50. The third kappa shape index (κ3) is 4.16. The number of anilines is 1. The average molecular weight is 402 g/mol. The minimum Gasteiger partial charge on any atom is -0.478 e. The van der Waals surface area contributed by atoms with Crippen LogP contribution in [0.2, 0.25) is 0 Å². The highest BCUT2D eigenvalue weighted by molar-refractivity contribution is 5.83. The van der Waals surface area contributed by atoms with Crippen LogP contribution in [-0.2, 0) is 4.79 Å². The molecule has 0 spiro atoms. The number of methoxy groups -OCH3 is 1. The number of hydrogen-bond donors (Lipinski definition) is 1. The summed E-state index contributed by atoms with van der Waals surface area (Å²) >= 11 is 0. The molecule has 1 saturated carbocycles. The maximum absolute atomic E-state index is 14.0. The number of ether oxygens (including phenoxy) is 1. The van der Waals surface area contributed by atoms with Gasteiger partial charge in [-0.2, -0.15) is 0 Å². The van der Waals surface area contributed by atoms with Crippen molar-refractivity contribution in [2.75, 3.05) is 32.1 Å². The zero-order chi connectivity index (χ0) is 20.4. The number of likely N-dealkylation sites (tertiary alicyclic amines) is 1. The van der Waals surface area contributed by atoms with E-state index in [0.29, 0.717) is 37.1 Å². The summed E-state index contributed by atoms with van der Waals surface area (Å²) in [6.07, 6.45) is 5.44. The van der Waals surface area contributed by atoms with Crippen molar-refractivity contribution in [3.63, 3.8) is 0 Å². The molecule has 29 heavy (non-hydrogen) atoms. The van der Waals surface area contributed by atoms with Gasteiger partial charge in [0.25, 0.3) is 5.88 Å². The molecule has 2 atom stereocenters. The molecule has 1 N–H and O–H groups in total. The molecule has 1 aliphatic carbocycles. The van der Waals surface area contributed by atoms with Gasteiger partial charge in [0, 0.05) is 49.4 Å². The lowest BCUT2D eigenvalue weighted by Crippen LogP contribution is -2.41. The molecule has 1 aromatic heterocycles. The van der Waals surface area contributed by atoms with Crippen molar-refractivity contribution in [2.45, 2.75) is 25.2 Å². The van der Waals surface area contributed by atoms with Crippen LogP contribution in [0.4, 0.5) is 14.6 Å². The summed E-state index contributed by atoms with van der Waals surface area (Å²) in [5.74, 6) is -0.276. The molecule has 2 heterocycles. The number of halogens is 2. The first-order valence-electron chi connectivity index (χ1n) is 9.90. The van der Waals surface area contributed by atoms with Gasteiger partial charge in [-0.25, -0.2) is 18.7 Å². The standard InChI is InChI=1S/C21H24F2N4O2/c1-29-20-19(24-7-8-25-20)26-12-13-5-9-27(10-6-13)21(28)15-11-14(15)18-16(22)3-2-4-17(18)23/h2-4,7-8,13-15H,5-6,9-12H2,1H3,(H,24,26)/t14-,15-/m1/s1. The number of amides is 1. The monoisotopic (exact) mass is 402 g/mol. The van der Waals surface area contributed by atoms with Gasteiger partial charge in [-0.05, 0) is 37.3 Å². The highest BCUT2D eigenvalue weighted by Gasteiger charge is 2.48. The molecule has 2 fully saturated rings. The average Bonchev–Trinajstić information content (AvgIpc) is 3.52. The van der Waals surface area contributed by atoms with E-state index >= 15 is 0 Å². The van der Waals surface area contributed by atoms with Gasteiger partial charge >= 0.3 is 0 Å². The number of rotatable bonds is 6. The van der Waals surface area contributed by atoms with Crippen molar-refractivity contribution >= 4 is 11.7 Å². The van der Waals surface area contributed by atoms with Gasteiger partial charge in [-0.1, -0.05) is 6.07 Å². The molecule has 2 aliphatic rings. The Morgan fingerprint density at radius 2 is 1.90 bits per heavy atom. The number of carbonyl (C=O) groups excluding carboxylic acids is 1. The van der Waals surface area contributed by atoms with Gasteiger partial charge in [0.05, 0.1) is 7.11 Å². The zero-order valence-corrected chi connectivity index (χ0v) is 16.3. The molecular formula is C21H24F2N4O2. The van der Waals surface area contributed by atoms with Crippen LogP contribution in [0.5, 0.6) is 5.88 Å². The molecule has 1 aliphatic heterocycles. The largest absolute Gasteiger partial charge is 0.478 e. The number of nitrogens with zero attached hydrogens (tertiary/aromatic N) is 3. The molecule has 1 saturated heterocycles. The van der Waals surface area contributed by atoms with Crippen LogP contribution in [0.3, 0.4) is 0 Å². The summed E-state index contributed by atoms with van der Waals surface area (Å²) in [6, 6.07) is 3.86. The van der Waals surface area contributed by atoms with Crippen LogP contribution in [0, 0.1) is 23.5 Å². The fraction of sp³-hybridized carbons (Fsp3) is 0.476. The third-order valence-electron chi connectivity index (χ3n) is 5.82. The lowest BCUT2D eigenvalue weighted by molar-refractivity contribution is -0.134. The summed E-state index contributed by atoms with van der Waals surface area (Å²) in [7, 11) is 1.55. The zero-order valence-electron chi connectivity index (χ0n) is 16.3. The van der Waals surface area contributed by atoms with E-state index in [0.717, 1.165) is 19.4 Å². The van der Waals surface area contributed by atoms with E-state index in [4.69, 9.17) is 4.74 Å². The predicted molar refractivity (Wildman–Crippen MR) is 104 cm³/mol. The normalized spacial score (nSPS) is 21.7. The van der Waals surface area contributed by atoms with Gasteiger partial charge in [-0.3, -0.25) is 4.79 Å². The van der Waals surface area contributed by atoms with Gasteiger partial charge in [0.2, 0.25) is 5.91 Å². The van der Waals surface area contributed by atoms with Gasteiger partial charge in [0.1, 0.15) is 11.6 Å². The number of aromatic nitrogens is 2. The summed E-state index contributed by atoms with van der Waals surface area (Å²) in [4.78, 5) is 23.0. The predicted octanol–water partition coefficient (Wildman–Crippen LogP) is 3.22. The third-order valence-corrected chi connectivity index (χ3v) is 5.82. The Hall–Kier alpha value is -2.77. The van der Waals surface area contributed by atoms with E-state index in [1.165, 1.54) is 18.2 Å². The molecular weight excluding hydrogens is 378 g/mol. The Balaban J connectivity index is 1.27. The van der Waals surface area contributed by atoms with E-state index in [-0.39, 0.29) is 23.3 Å². The topological polar surface area (TPSA) is 67.4 Å². The first kappa shape index (κ1) is 19.5. The molecule has 4 rings (SSSR count). The van der Waals surface area contributed by atoms with Crippen molar-refractivity contribution < 1.29 is 18.3 Å². The summed E-state index contributed by atoms with van der Waals surface area (Å²) in [6.45, 7) is 2.04. The van der Waals surface area contributed by atoms with Gasteiger partial charge in [-0.15, -0.1) is 0 Å². The van der Waals surface area contributed by atoms with Crippen molar-refractivity contribution in [1.29, 1.82) is 0 Å². The van der Waals surface area contributed by atoms with Crippen LogP contribution in [0.1, 0.15) is 30.7 Å². The summed E-state index contributed by atoms with van der Waals surface area (Å²) in [5, 5.41) is 3.27. The van der Waals surface area contributed by atoms with Crippen molar-refractivity contribution in [3.05, 3.63) is 47.8 Å². The van der Waals surface area contributed by atoms with E-state index in [1.807, 2.05) is 4.90 Å². The molecule has 0 unspecified atom stereocenters. The number of carbonyl (C=O) groups is 1. The van der Waals surface area contributed by atoms with Crippen LogP contribution >= 0.6 is 0 Å². The van der Waals surface area contributed by atoms with Crippen LogP contribution < -0.4 is 10.1 Å². The fourth-order valence-electron chi connectivity index (χ4n) is 4.08. The second-order valence-electron chi connectivity index (χ2n) is 7.65. The lowest BCUT2D eigenvalue weighted by Gasteiger charge is -2.32. The Morgan fingerprint density at radius 3 is 2.59 bits per heavy atom. The van der Waals surface area contributed by atoms with E-state index in [2.05, 4.69) is 15.3 Å². The second-order valence-corrected chi connectivity index (χ2v) is 7.65. The number of nitrogens with one attached hydrogen (secondary N) is 1. The fourth-order valence-corrected chi connectivity index (χ4v) is 4.08. The first-order valence-corrected chi connectivity index (χ1v) is 9.90. The Kier molecular flexibility index (Phi) is 5.60. The van der Waals surface area contributed by atoms with E-state index < -0.39 is 11.6 Å². The molecule has 8 heteroatoms. The van der Waals surface area contributed by atoms with Crippen molar-refractivity contribution in [1.82, 2.24) is 14.9 Å². The quantitative estimate of drug-likeness (QED) is 0.804. The minimum absolute atomic E-state index is 0.0136. The summed E-state index contributed by atoms with van der Waals surface area (Å²) < 4.78 is 33.1. The number of piperidine rings is 1. The maximum atomic E-state index is 14.0. The number of hydrogen-bond acceptors (Lipinski definition) is 5. The first-order chi connectivity index (χ1) is 14.1. The van der Waals surface area contributed by atoms with Gasteiger partial charge in [0.15, 0.2) is 5.82 Å². The van der Waals surface area contributed by atoms with Crippen LogP contribution in [0.25, 0.3) is 0 Å². The van der Waals surface area contributed by atoms with Gasteiger partial charge < -0.3 is 15.0 Å². The minimum atomic E-state index is -0.561. The van der Waals surface area contributed by atoms with Crippen molar-refractivity contribution in [3.8, 4) is 5.88 Å². The summed E-state index contributed by atoms with van der Waals surface area (Å²) in [5.41, 5.74) is 0.0582. The Labute approximate surface area is 168 Å². The molecule has 154 valence electrons. The van der Waals surface area contributed by atoms with E-state index in [1.54, 1.807) is 19.5 Å². The maximum Gasteiger partial charge on any atom is 0.257 e. The van der Waals surface area contributed by atoms with E-state index in [9.17, 15) is 13.6 Å². The highest BCUT2D eigenvalue weighted by atomic mass is 19.1. The molecule has 0 radical (unpaired) electrons. The lowest BCUT2D eigenvalue weighted by atomic mass is 9.96. The molecule has 1 amide bonds. The second kappa shape index (κ2) is 8.31. The Morgan fingerprint density at radius 1 is 1.21 bits per heavy atom. The molecule has 0 bridgehead atoms. The van der Waals surface area contributed by atoms with Crippen LogP contribution in [-0.4, -0.2) is 47.5 Å². The van der Waals surface area contributed by atoms with Crippen LogP contribution in [0.15, 0.2) is 30.6 Å². The number of benzene rings is 1. The Bertz CT molecular complexity index is 866. The van der Waals surface area contributed by atoms with Crippen molar-refractivity contribution in [2.24, 2.45) is 11.8 Å².